The van der Waals surface area contributed by atoms with E-state index >= 15 is 0 Å². The lowest BCUT2D eigenvalue weighted by molar-refractivity contribution is 0.352. The number of hydrogen-bond donors (Lipinski definition) is 2. The second kappa shape index (κ2) is 3.54. The summed E-state index contributed by atoms with van der Waals surface area (Å²) in [5, 5.41) is 13.7. The number of H-pyrrole nitrogens is 1. The summed E-state index contributed by atoms with van der Waals surface area (Å²) in [5.41, 5.74) is 6.27. The third-order valence-corrected chi connectivity index (χ3v) is 1.84. The van der Waals surface area contributed by atoms with E-state index in [1.165, 1.54) is 6.20 Å². The monoisotopic (exact) mass is 194 g/mol. The SMILES string of the molecule is CCC(N)c1nc(-c2cn[nH]n2)no1. The van der Waals surface area contributed by atoms with Gasteiger partial charge in [-0.2, -0.15) is 20.4 Å². The van der Waals surface area contributed by atoms with Crippen LogP contribution in [0.3, 0.4) is 0 Å². The number of hydrogen-bond acceptors (Lipinski definition) is 6. The zero-order valence-electron chi connectivity index (χ0n) is 7.64. The van der Waals surface area contributed by atoms with Crippen LogP contribution in [-0.2, 0) is 0 Å². The number of nitrogens with zero attached hydrogens (tertiary/aromatic N) is 4. The zero-order chi connectivity index (χ0) is 9.97. The number of nitrogens with two attached hydrogens (primary N) is 1. The van der Waals surface area contributed by atoms with Crippen molar-refractivity contribution in [2.75, 3.05) is 0 Å². The number of aromatic nitrogens is 5. The molecule has 0 aromatic carbocycles. The molecule has 0 aliphatic rings. The summed E-state index contributed by atoms with van der Waals surface area (Å²) in [6.45, 7) is 1.95. The first-order valence-electron chi connectivity index (χ1n) is 4.26. The lowest BCUT2D eigenvalue weighted by Crippen LogP contribution is -2.08. The predicted molar refractivity (Wildman–Crippen MR) is 46.9 cm³/mol. The summed E-state index contributed by atoms with van der Waals surface area (Å²) >= 11 is 0. The Morgan fingerprint density at radius 2 is 2.50 bits per heavy atom. The highest BCUT2D eigenvalue weighted by Gasteiger charge is 2.14. The maximum absolute atomic E-state index is 5.72. The molecule has 2 aromatic rings. The van der Waals surface area contributed by atoms with Crippen molar-refractivity contribution in [2.45, 2.75) is 19.4 Å². The standard InChI is InChI=1S/C7H10N6O/c1-2-4(8)7-10-6(12-14-7)5-3-9-13-11-5/h3-4H,2,8H2,1H3,(H,9,11,13). The summed E-state index contributed by atoms with van der Waals surface area (Å²) in [5.74, 6) is 0.822. The Kier molecular flexibility index (Phi) is 2.23. The van der Waals surface area contributed by atoms with Crippen molar-refractivity contribution in [2.24, 2.45) is 5.73 Å². The Hall–Kier alpha value is -1.76. The molecule has 7 heteroatoms. The largest absolute Gasteiger partial charge is 0.337 e. The number of aromatic amines is 1. The maximum Gasteiger partial charge on any atom is 0.243 e. The Morgan fingerprint density at radius 1 is 1.64 bits per heavy atom. The molecule has 0 radical (unpaired) electrons. The molecular formula is C7H10N6O. The minimum absolute atomic E-state index is 0.219. The van der Waals surface area contributed by atoms with Gasteiger partial charge in [0, 0.05) is 0 Å². The Labute approximate surface area is 79.7 Å². The molecule has 7 nitrogen and oxygen atoms in total. The van der Waals surface area contributed by atoms with Gasteiger partial charge in [-0.25, -0.2) is 0 Å². The minimum atomic E-state index is -0.219. The van der Waals surface area contributed by atoms with Gasteiger partial charge in [0.2, 0.25) is 11.7 Å². The third-order valence-electron chi connectivity index (χ3n) is 1.84. The normalized spacial score (nSPS) is 13.0. The molecule has 0 saturated heterocycles. The second-order valence-corrected chi connectivity index (χ2v) is 2.83. The molecule has 0 fully saturated rings. The molecule has 14 heavy (non-hydrogen) atoms. The molecule has 3 N–H and O–H groups in total. The van der Waals surface area contributed by atoms with Gasteiger partial charge in [-0.05, 0) is 6.42 Å². The molecule has 1 atom stereocenters. The second-order valence-electron chi connectivity index (χ2n) is 2.83. The van der Waals surface area contributed by atoms with Crippen LogP contribution in [0.1, 0.15) is 25.3 Å². The smallest absolute Gasteiger partial charge is 0.243 e. The highest BCUT2D eigenvalue weighted by Crippen LogP contribution is 2.15. The van der Waals surface area contributed by atoms with Crippen LogP contribution in [0.2, 0.25) is 0 Å². The van der Waals surface area contributed by atoms with Crippen LogP contribution in [0.5, 0.6) is 0 Å². The highest BCUT2D eigenvalue weighted by atomic mass is 16.5. The molecule has 2 heterocycles. The van der Waals surface area contributed by atoms with Gasteiger partial charge in [-0.3, -0.25) is 0 Å². The first-order chi connectivity index (χ1) is 6.81. The van der Waals surface area contributed by atoms with Crippen LogP contribution in [-0.4, -0.2) is 25.6 Å². The van der Waals surface area contributed by atoms with Gasteiger partial charge in [0.25, 0.3) is 0 Å². The molecule has 1 unspecified atom stereocenters. The van der Waals surface area contributed by atoms with Crippen molar-refractivity contribution in [3.63, 3.8) is 0 Å². The predicted octanol–water partition coefficient (Wildman–Crippen LogP) is 0.264. The van der Waals surface area contributed by atoms with Crippen LogP contribution in [0.25, 0.3) is 11.5 Å². The number of nitrogens with one attached hydrogen (secondary N) is 1. The topological polar surface area (TPSA) is 107 Å². The molecule has 0 aliphatic heterocycles. The zero-order valence-corrected chi connectivity index (χ0v) is 7.64. The van der Waals surface area contributed by atoms with E-state index in [1.54, 1.807) is 0 Å². The minimum Gasteiger partial charge on any atom is -0.337 e. The van der Waals surface area contributed by atoms with Gasteiger partial charge < -0.3 is 10.3 Å². The van der Waals surface area contributed by atoms with Crippen molar-refractivity contribution >= 4 is 0 Å². The first kappa shape index (κ1) is 8.82. The Morgan fingerprint density at radius 3 is 3.14 bits per heavy atom. The van der Waals surface area contributed by atoms with Crippen molar-refractivity contribution in [1.29, 1.82) is 0 Å². The van der Waals surface area contributed by atoms with Crippen LogP contribution in [0.15, 0.2) is 10.7 Å². The molecule has 2 aromatic heterocycles. The summed E-state index contributed by atoms with van der Waals surface area (Å²) < 4.78 is 4.97. The summed E-state index contributed by atoms with van der Waals surface area (Å²) in [4.78, 5) is 4.10. The lowest BCUT2D eigenvalue weighted by Gasteiger charge is -1.98. The summed E-state index contributed by atoms with van der Waals surface area (Å²) in [6.07, 6.45) is 2.27. The van der Waals surface area contributed by atoms with Crippen LogP contribution < -0.4 is 5.73 Å². The fraction of sp³-hybridized carbons (Fsp3) is 0.429. The first-order valence-corrected chi connectivity index (χ1v) is 4.26. The van der Waals surface area contributed by atoms with Crippen molar-refractivity contribution in [1.82, 2.24) is 25.6 Å². The van der Waals surface area contributed by atoms with Crippen LogP contribution in [0, 0.1) is 0 Å². The fourth-order valence-corrected chi connectivity index (χ4v) is 0.974. The van der Waals surface area contributed by atoms with E-state index in [0.717, 1.165) is 6.42 Å². The van der Waals surface area contributed by atoms with E-state index in [0.29, 0.717) is 17.4 Å². The van der Waals surface area contributed by atoms with E-state index in [-0.39, 0.29) is 6.04 Å². The fourth-order valence-electron chi connectivity index (χ4n) is 0.974. The van der Waals surface area contributed by atoms with Crippen molar-refractivity contribution in [3.05, 3.63) is 12.1 Å². The molecule has 2 rings (SSSR count). The molecular weight excluding hydrogens is 184 g/mol. The molecule has 0 spiro atoms. The summed E-state index contributed by atoms with van der Waals surface area (Å²) in [7, 11) is 0. The molecule has 0 saturated carbocycles. The quantitative estimate of drug-likeness (QED) is 0.726. The van der Waals surface area contributed by atoms with E-state index in [2.05, 4.69) is 25.6 Å². The van der Waals surface area contributed by atoms with Gasteiger partial charge >= 0.3 is 0 Å². The van der Waals surface area contributed by atoms with Crippen molar-refractivity contribution < 1.29 is 4.52 Å². The van der Waals surface area contributed by atoms with E-state index in [1.807, 2.05) is 6.92 Å². The lowest BCUT2D eigenvalue weighted by atomic mass is 10.2. The number of rotatable bonds is 3. The van der Waals surface area contributed by atoms with E-state index in [9.17, 15) is 0 Å². The summed E-state index contributed by atoms with van der Waals surface area (Å²) in [6, 6.07) is -0.219. The maximum atomic E-state index is 5.72. The molecule has 0 amide bonds. The van der Waals surface area contributed by atoms with Crippen molar-refractivity contribution in [3.8, 4) is 11.5 Å². The van der Waals surface area contributed by atoms with E-state index < -0.39 is 0 Å². The molecule has 0 aliphatic carbocycles. The van der Waals surface area contributed by atoms with Crippen LogP contribution >= 0.6 is 0 Å². The Bertz CT molecular complexity index is 394. The Balaban J connectivity index is 2.26. The van der Waals surface area contributed by atoms with Gasteiger partial charge in [0.05, 0.1) is 12.2 Å². The van der Waals surface area contributed by atoms with Crippen LogP contribution in [0.4, 0.5) is 0 Å². The van der Waals surface area contributed by atoms with Gasteiger partial charge in [-0.1, -0.05) is 12.1 Å². The van der Waals surface area contributed by atoms with Gasteiger partial charge in [0.1, 0.15) is 0 Å². The highest BCUT2D eigenvalue weighted by molar-refractivity contribution is 5.44. The average Bonchev–Trinajstić information content (AvgIpc) is 2.86. The molecule has 74 valence electrons. The van der Waals surface area contributed by atoms with E-state index in [4.69, 9.17) is 10.3 Å². The molecule has 0 bridgehead atoms. The van der Waals surface area contributed by atoms with Gasteiger partial charge in [-0.15, -0.1) is 0 Å². The average molecular weight is 194 g/mol. The van der Waals surface area contributed by atoms with Gasteiger partial charge in [0.15, 0.2) is 5.69 Å². The third kappa shape index (κ3) is 1.49.